The molecule has 3 amide bonds. The maximum Gasteiger partial charge on any atom is 0.325 e. The molecule has 1 aliphatic carbocycles. The Balaban J connectivity index is 1.49. The van der Waals surface area contributed by atoms with Crippen molar-refractivity contribution >= 4 is 17.9 Å². The van der Waals surface area contributed by atoms with Crippen LogP contribution in [0, 0.1) is 0 Å². The van der Waals surface area contributed by atoms with Crippen LogP contribution in [-0.4, -0.2) is 45.4 Å². The highest BCUT2D eigenvalue weighted by Crippen LogP contribution is 2.34. The van der Waals surface area contributed by atoms with Crippen molar-refractivity contribution in [3.8, 4) is 0 Å². The molecule has 21 heavy (non-hydrogen) atoms. The Labute approximate surface area is 123 Å². The first-order valence-corrected chi connectivity index (χ1v) is 7.36. The molecule has 112 valence electrons. The lowest BCUT2D eigenvalue weighted by Crippen LogP contribution is -2.44. The number of carbonyl (C=O) groups excluding carboxylic acids is 2. The van der Waals surface area contributed by atoms with Crippen LogP contribution in [0.15, 0.2) is 18.5 Å². The number of imide groups is 1. The van der Waals surface area contributed by atoms with Gasteiger partial charge in [0.05, 0.1) is 0 Å². The third-order valence-electron chi connectivity index (χ3n) is 4.11. The van der Waals surface area contributed by atoms with Crippen molar-refractivity contribution < 1.29 is 9.59 Å². The van der Waals surface area contributed by atoms with Crippen LogP contribution in [0.1, 0.15) is 32.1 Å². The molecule has 1 aromatic rings. The normalized spacial score (nSPS) is 20.1. The molecular formula is C14H19N5O2. The Morgan fingerprint density at radius 3 is 2.67 bits per heavy atom. The molecule has 3 rings (SSSR count). The smallest absolute Gasteiger partial charge is 0.325 e. The number of carbonyl (C=O) groups is 2. The lowest BCUT2D eigenvalue weighted by molar-refractivity contribution is -0.131. The minimum Gasteiger partial charge on any atom is -0.354 e. The summed E-state index contributed by atoms with van der Waals surface area (Å²) < 4.78 is 0. The Kier molecular flexibility index (Phi) is 3.72. The first kappa shape index (κ1) is 13.8. The van der Waals surface area contributed by atoms with Gasteiger partial charge in [0.15, 0.2) is 0 Å². The van der Waals surface area contributed by atoms with Crippen molar-refractivity contribution in [2.45, 2.75) is 37.6 Å². The van der Waals surface area contributed by atoms with Crippen LogP contribution >= 0.6 is 0 Å². The van der Waals surface area contributed by atoms with Crippen LogP contribution in [0.2, 0.25) is 0 Å². The van der Waals surface area contributed by atoms with Crippen molar-refractivity contribution in [2.24, 2.45) is 0 Å². The number of amides is 3. The number of aromatic nitrogens is 2. The maximum absolute atomic E-state index is 12.4. The Morgan fingerprint density at radius 1 is 1.24 bits per heavy atom. The summed E-state index contributed by atoms with van der Waals surface area (Å²) in [5.74, 6) is 0.503. The van der Waals surface area contributed by atoms with E-state index in [2.05, 4.69) is 20.6 Å². The number of rotatable bonds is 5. The zero-order chi connectivity index (χ0) is 14.7. The van der Waals surface area contributed by atoms with Gasteiger partial charge in [0.25, 0.3) is 5.91 Å². The van der Waals surface area contributed by atoms with Crippen molar-refractivity contribution in [1.82, 2.24) is 20.2 Å². The van der Waals surface area contributed by atoms with Crippen LogP contribution in [0.4, 0.5) is 10.7 Å². The molecule has 1 aliphatic heterocycles. The summed E-state index contributed by atoms with van der Waals surface area (Å²) in [4.78, 5) is 33.8. The molecule has 2 heterocycles. The van der Waals surface area contributed by atoms with Gasteiger partial charge in [0, 0.05) is 25.5 Å². The second kappa shape index (κ2) is 5.67. The summed E-state index contributed by atoms with van der Waals surface area (Å²) in [6.45, 7) is 1.04. The SMILES string of the molecule is O=C1NC2(CCCC2)C(=O)N1CCCNc1ncccn1. The van der Waals surface area contributed by atoms with Gasteiger partial charge in [-0.2, -0.15) is 0 Å². The molecule has 2 aliphatic rings. The van der Waals surface area contributed by atoms with Crippen molar-refractivity contribution in [3.63, 3.8) is 0 Å². The van der Waals surface area contributed by atoms with Crippen LogP contribution in [0.25, 0.3) is 0 Å². The van der Waals surface area contributed by atoms with Gasteiger partial charge in [-0.25, -0.2) is 14.8 Å². The van der Waals surface area contributed by atoms with E-state index in [9.17, 15) is 9.59 Å². The fourth-order valence-electron chi connectivity index (χ4n) is 3.02. The van der Waals surface area contributed by atoms with Crippen molar-refractivity contribution in [3.05, 3.63) is 18.5 Å². The Hall–Kier alpha value is -2.18. The largest absolute Gasteiger partial charge is 0.354 e. The van der Waals surface area contributed by atoms with E-state index in [0.717, 1.165) is 25.7 Å². The second-order valence-electron chi connectivity index (χ2n) is 5.53. The van der Waals surface area contributed by atoms with Crippen LogP contribution in [-0.2, 0) is 4.79 Å². The zero-order valence-corrected chi connectivity index (χ0v) is 11.8. The molecule has 0 bridgehead atoms. The average molecular weight is 289 g/mol. The van der Waals surface area contributed by atoms with E-state index in [1.165, 1.54) is 4.90 Å². The van der Waals surface area contributed by atoms with E-state index >= 15 is 0 Å². The highest BCUT2D eigenvalue weighted by Gasteiger charge is 2.51. The fraction of sp³-hybridized carbons (Fsp3) is 0.571. The quantitative estimate of drug-likeness (QED) is 0.627. The average Bonchev–Trinajstić information content (AvgIpc) is 3.05. The second-order valence-corrected chi connectivity index (χ2v) is 5.53. The highest BCUT2D eigenvalue weighted by molar-refractivity contribution is 6.07. The van der Waals surface area contributed by atoms with Gasteiger partial charge < -0.3 is 10.6 Å². The topological polar surface area (TPSA) is 87.2 Å². The van der Waals surface area contributed by atoms with Gasteiger partial charge in [-0.1, -0.05) is 12.8 Å². The summed E-state index contributed by atoms with van der Waals surface area (Å²) in [5, 5.41) is 5.95. The summed E-state index contributed by atoms with van der Waals surface area (Å²) in [7, 11) is 0. The highest BCUT2D eigenvalue weighted by atomic mass is 16.2. The predicted octanol–water partition coefficient (Wildman–Crippen LogP) is 1.14. The number of urea groups is 1. The van der Waals surface area contributed by atoms with Crippen LogP contribution in [0.3, 0.4) is 0 Å². The lowest BCUT2D eigenvalue weighted by Gasteiger charge is -2.20. The number of hydrogen-bond acceptors (Lipinski definition) is 5. The molecule has 0 radical (unpaired) electrons. The van der Waals surface area contributed by atoms with E-state index in [1.54, 1.807) is 18.5 Å². The van der Waals surface area contributed by atoms with Crippen LogP contribution < -0.4 is 10.6 Å². The lowest BCUT2D eigenvalue weighted by atomic mass is 9.98. The van der Waals surface area contributed by atoms with Gasteiger partial charge >= 0.3 is 6.03 Å². The van der Waals surface area contributed by atoms with Gasteiger partial charge in [0.2, 0.25) is 5.95 Å². The molecule has 2 fully saturated rings. The monoisotopic (exact) mass is 289 g/mol. The summed E-state index contributed by atoms with van der Waals surface area (Å²) >= 11 is 0. The van der Waals surface area contributed by atoms with Crippen molar-refractivity contribution in [2.75, 3.05) is 18.4 Å². The molecular weight excluding hydrogens is 270 g/mol. The molecule has 7 nitrogen and oxygen atoms in total. The molecule has 1 aromatic heterocycles. The molecule has 2 N–H and O–H groups in total. The molecule has 1 spiro atoms. The first-order valence-electron chi connectivity index (χ1n) is 7.36. The van der Waals surface area contributed by atoms with Crippen molar-refractivity contribution in [1.29, 1.82) is 0 Å². The zero-order valence-electron chi connectivity index (χ0n) is 11.8. The van der Waals surface area contributed by atoms with Gasteiger partial charge in [-0.15, -0.1) is 0 Å². The molecule has 0 aromatic carbocycles. The maximum atomic E-state index is 12.4. The Morgan fingerprint density at radius 2 is 1.95 bits per heavy atom. The first-order chi connectivity index (χ1) is 10.2. The summed E-state index contributed by atoms with van der Waals surface area (Å²) in [5.41, 5.74) is -0.604. The molecule has 0 atom stereocenters. The number of nitrogens with zero attached hydrogens (tertiary/aromatic N) is 3. The Bertz CT molecular complexity index is 527. The third kappa shape index (κ3) is 2.68. The fourth-order valence-corrected chi connectivity index (χ4v) is 3.02. The summed E-state index contributed by atoms with van der Waals surface area (Å²) in [6, 6.07) is 1.50. The molecule has 1 saturated heterocycles. The minimum atomic E-state index is -0.604. The standard InChI is InChI=1S/C14H19N5O2/c20-11-14(5-1-2-6-14)18-13(21)19(11)10-4-9-17-12-15-7-3-8-16-12/h3,7-8H,1-2,4-6,9-10H2,(H,18,21)(H,15,16,17). The number of nitrogens with one attached hydrogen (secondary N) is 2. The number of hydrogen-bond donors (Lipinski definition) is 2. The van der Waals surface area contributed by atoms with Gasteiger partial charge in [0.1, 0.15) is 5.54 Å². The predicted molar refractivity (Wildman–Crippen MR) is 76.6 cm³/mol. The van der Waals surface area contributed by atoms with E-state index < -0.39 is 5.54 Å². The molecule has 0 unspecified atom stereocenters. The van der Waals surface area contributed by atoms with Gasteiger partial charge in [-0.3, -0.25) is 9.69 Å². The minimum absolute atomic E-state index is 0.0547. The van der Waals surface area contributed by atoms with Gasteiger partial charge in [-0.05, 0) is 25.3 Å². The van der Waals surface area contributed by atoms with E-state index in [4.69, 9.17) is 0 Å². The van der Waals surface area contributed by atoms with Crippen LogP contribution in [0.5, 0.6) is 0 Å². The van der Waals surface area contributed by atoms with E-state index in [1.807, 2.05) is 0 Å². The summed E-state index contributed by atoms with van der Waals surface area (Å²) in [6.07, 6.45) is 7.55. The third-order valence-corrected chi connectivity index (χ3v) is 4.11. The van der Waals surface area contributed by atoms with E-state index in [-0.39, 0.29) is 11.9 Å². The van der Waals surface area contributed by atoms with E-state index in [0.29, 0.717) is 25.5 Å². The molecule has 1 saturated carbocycles. The number of anilines is 1. The molecule has 7 heteroatoms.